The highest BCUT2D eigenvalue weighted by Gasteiger charge is 2.41. The molecule has 1 saturated heterocycles. The zero-order chi connectivity index (χ0) is 33.9. The highest BCUT2D eigenvalue weighted by atomic mass is 16.8. The number of allylic oxidation sites excluding steroid dienone is 8. The Bertz CT molecular complexity index is 711. The molecule has 0 aromatic carbocycles. The summed E-state index contributed by atoms with van der Waals surface area (Å²) in [5, 5.41) is 3.80. The van der Waals surface area contributed by atoms with Crippen LogP contribution in [0.2, 0.25) is 0 Å². The largest absolute Gasteiger partial charge is 0.347 e. The molecule has 0 aromatic heterocycles. The fourth-order valence-corrected chi connectivity index (χ4v) is 6.00. The molecule has 1 rings (SSSR count). The first-order chi connectivity index (χ1) is 23.2. The molecule has 0 bridgehead atoms. The van der Waals surface area contributed by atoms with Gasteiger partial charge >= 0.3 is 0 Å². The Balaban J connectivity index is 2.12. The lowest BCUT2D eigenvalue weighted by Crippen LogP contribution is -2.33. The molecule has 0 radical (unpaired) electrons. The van der Waals surface area contributed by atoms with Crippen LogP contribution in [0.25, 0.3) is 0 Å². The second-order valence-electron chi connectivity index (χ2n) is 14.2. The summed E-state index contributed by atoms with van der Waals surface area (Å²) < 4.78 is 11.7. The first kappa shape index (κ1) is 43.8. The van der Waals surface area contributed by atoms with Crippen LogP contribution in [0, 0.1) is 0 Å². The van der Waals surface area contributed by atoms with Gasteiger partial charge in [0.1, 0.15) is 0 Å². The van der Waals surface area contributed by atoms with E-state index in [4.69, 9.17) is 9.47 Å². The van der Waals surface area contributed by atoms with Gasteiger partial charge in [-0.2, -0.15) is 0 Å². The zero-order valence-corrected chi connectivity index (χ0v) is 31.9. The van der Waals surface area contributed by atoms with Crippen molar-refractivity contribution < 1.29 is 9.47 Å². The van der Waals surface area contributed by atoms with Gasteiger partial charge in [-0.05, 0) is 91.1 Å². The van der Waals surface area contributed by atoms with E-state index in [2.05, 4.69) is 86.8 Å². The highest BCUT2D eigenvalue weighted by Crippen LogP contribution is 2.24. The van der Waals surface area contributed by atoms with Crippen molar-refractivity contribution in [3.8, 4) is 0 Å². The quantitative estimate of drug-likeness (QED) is 0.0414. The Hall–Kier alpha value is -1.20. The summed E-state index contributed by atoms with van der Waals surface area (Å²) in [5.74, 6) is 0. The highest BCUT2D eigenvalue weighted by molar-refractivity contribution is 4.93. The number of unbranched alkanes of at least 4 members (excludes halogenated alkanes) is 18. The third-order valence-corrected chi connectivity index (χ3v) is 9.18. The van der Waals surface area contributed by atoms with Gasteiger partial charge in [-0.1, -0.05) is 152 Å². The summed E-state index contributed by atoms with van der Waals surface area (Å²) >= 11 is 0. The number of epoxide rings is 1. The van der Waals surface area contributed by atoms with E-state index in [9.17, 15) is 0 Å². The molecule has 274 valence electrons. The van der Waals surface area contributed by atoms with Crippen molar-refractivity contribution in [1.82, 2.24) is 10.2 Å². The minimum absolute atomic E-state index is 0.0517. The van der Waals surface area contributed by atoms with E-state index in [0.29, 0.717) is 6.04 Å². The smallest absolute Gasteiger partial charge is 0.199 e. The molecule has 1 aliphatic heterocycles. The van der Waals surface area contributed by atoms with Gasteiger partial charge in [0, 0.05) is 12.6 Å². The number of hydrogen-bond acceptors (Lipinski definition) is 4. The topological polar surface area (TPSA) is 37.0 Å². The molecule has 0 amide bonds. The first-order valence-electron chi connectivity index (χ1n) is 20.4. The Morgan fingerprint density at radius 2 is 0.957 bits per heavy atom. The van der Waals surface area contributed by atoms with E-state index in [0.717, 1.165) is 26.0 Å². The number of ether oxygens (including phenoxy) is 2. The van der Waals surface area contributed by atoms with Crippen LogP contribution in [-0.4, -0.2) is 50.7 Å². The van der Waals surface area contributed by atoms with Crippen LogP contribution in [-0.2, 0) is 9.47 Å². The Morgan fingerprint density at radius 3 is 1.38 bits per heavy atom. The van der Waals surface area contributed by atoms with Gasteiger partial charge in [-0.3, -0.25) is 5.32 Å². The molecule has 47 heavy (non-hydrogen) atoms. The summed E-state index contributed by atoms with van der Waals surface area (Å²) in [4.78, 5) is 2.16. The van der Waals surface area contributed by atoms with Gasteiger partial charge in [-0.25, -0.2) is 0 Å². The van der Waals surface area contributed by atoms with Crippen molar-refractivity contribution >= 4 is 0 Å². The Morgan fingerprint density at radius 1 is 0.553 bits per heavy atom. The van der Waals surface area contributed by atoms with Crippen LogP contribution in [0.15, 0.2) is 48.6 Å². The van der Waals surface area contributed by atoms with Crippen molar-refractivity contribution in [2.24, 2.45) is 0 Å². The first-order valence-corrected chi connectivity index (χ1v) is 20.4. The van der Waals surface area contributed by atoms with Crippen LogP contribution in [0.5, 0.6) is 0 Å². The van der Waals surface area contributed by atoms with Crippen LogP contribution < -0.4 is 5.32 Å². The van der Waals surface area contributed by atoms with E-state index < -0.39 is 0 Å². The third kappa shape index (κ3) is 31.8. The second-order valence-corrected chi connectivity index (χ2v) is 14.2. The molecule has 2 unspecified atom stereocenters. The molecule has 0 aliphatic carbocycles. The van der Waals surface area contributed by atoms with Crippen molar-refractivity contribution in [3.05, 3.63) is 48.6 Å². The average molecular weight is 657 g/mol. The summed E-state index contributed by atoms with van der Waals surface area (Å²) in [6, 6.07) is 0.555. The summed E-state index contributed by atoms with van der Waals surface area (Å²) in [7, 11) is 4.17. The molecule has 4 heteroatoms. The normalized spacial score (nSPS) is 16.9. The maximum Gasteiger partial charge on any atom is 0.199 e. The number of nitrogens with one attached hydrogen (secondary N) is 1. The van der Waals surface area contributed by atoms with E-state index >= 15 is 0 Å². The average Bonchev–Trinajstić information content (AvgIpc) is 3.81. The van der Waals surface area contributed by atoms with E-state index in [-0.39, 0.29) is 12.5 Å². The van der Waals surface area contributed by atoms with E-state index in [1.165, 1.54) is 154 Å². The molecule has 0 saturated carbocycles. The predicted molar refractivity (Wildman–Crippen MR) is 208 cm³/mol. The molecule has 1 aliphatic rings. The van der Waals surface area contributed by atoms with Crippen molar-refractivity contribution in [2.45, 2.75) is 199 Å². The SMILES string of the molecule is CCCCC/C=C\C/C=C\CCCCCCCCC(CCCCCCCC/C=C\C/C=C\CCCCC)NC1OC1OCCN(C)C. The molecular formula is C43H80N2O2. The lowest BCUT2D eigenvalue weighted by Gasteiger charge is -2.18. The molecular weight excluding hydrogens is 576 g/mol. The van der Waals surface area contributed by atoms with Crippen LogP contribution in [0.3, 0.4) is 0 Å². The fourth-order valence-electron chi connectivity index (χ4n) is 6.00. The van der Waals surface area contributed by atoms with Crippen LogP contribution in [0.1, 0.15) is 181 Å². The molecule has 0 aromatic rings. The summed E-state index contributed by atoms with van der Waals surface area (Å²) in [6.07, 6.45) is 52.9. The lowest BCUT2D eigenvalue weighted by molar-refractivity contribution is 0.0420. The van der Waals surface area contributed by atoms with Crippen molar-refractivity contribution in [3.63, 3.8) is 0 Å². The van der Waals surface area contributed by atoms with Gasteiger partial charge in [0.15, 0.2) is 12.5 Å². The number of likely N-dealkylation sites (N-methyl/N-ethyl adjacent to an activating group) is 1. The second kappa shape index (κ2) is 34.7. The number of hydrogen-bond donors (Lipinski definition) is 1. The van der Waals surface area contributed by atoms with Gasteiger partial charge in [0.2, 0.25) is 0 Å². The maximum atomic E-state index is 5.90. The van der Waals surface area contributed by atoms with Gasteiger partial charge < -0.3 is 14.4 Å². The third-order valence-electron chi connectivity index (χ3n) is 9.18. The van der Waals surface area contributed by atoms with Crippen molar-refractivity contribution in [1.29, 1.82) is 0 Å². The minimum atomic E-state index is -0.0517. The van der Waals surface area contributed by atoms with Gasteiger partial charge in [0.25, 0.3) is 0 Å². The lowest BCUT2D eigenvalue weighted by atomic mass is 9.99. The Labute approximate surface area is 294 Å². The van der Waals surface area contributed by atoms with Crippen LogP contribution in [0.4, 0.5) is 0 Å². The van der Waals surface area contributed by atoms with Crippen molar-refractivity contribution in [2.75, 3.05) is 27.2 Å². The fraction of sp³-hybridized carbons (Fsp3) is 0.814. The maximum absolute atomic E-state index is 5.90. The van der Waals surface area contributed by atoms with Crippen LogP contribution >= 0.6 is 0 Å². The summed E-state index contributed by atoms with van der Waals surface area (Å²) in [6.45, 7) is 6.21. The van der Waals surface area contributed by atoms with E-state index in [1.807, 2.05) is 0 Å². The molecule has 1 N–H and O–H groups in total. The van der Waals surface area contributed by atoms with Gasteiger partial charge in [-0.15, -0.1) is 0 Å². The summed E-state index contributed by atoms with van der Waals surface area (Å²) in [5.41, 5.74) is 0. The molecule has 2 atom stereocenters. The standard InChI is InChI=1S/C43H80N2O2/c1-5-7-9-11-13-15-17-19-21-23-25-27-29-31-33-35-37-41(44-42-43(47-42)46-40-39-45(3)4)38-36-34-32-30-28-26-24-22-20-18-16-14-12-10-8-6-2/h13-16,19-22,41-44H,5-12,17-18,23-40H2,1-4H3/b15-13-,16-14-,21-19-,22-20-. The monoisotopic (exact) mass is 657 g/mol. The molecule has 4 nitrogen and oxygen atoms in total. The molecule has 1 fully saturated rings. The number of rotatable bonds is 36. The van der Waals surface area contributed by atoms with E-state index in [1.54, 1.807) is 0 Å². The minimum Gasteiger partial charge on any atom is -0.347 e. The molecule has 1 heterocycles. The van der Waals surface area contributed by atoms with Gasteiger partial charge in [0.05, 0.1) is 6.61 Å². The Kier molecular flexibility index (Phi) is 32.3. The zero-order valence-electron chi connectivity index (χ0n) is 31.9. The number of nitrogens with zero attached hydrogens (tertiary/aromatic N) is 1. The predicted octanol–water partition coefficient (Wildman–Crippen LogP) is 12.6. The molecule has 0 spiro atoms.